The van der Waals surface area contributed by atoms with E-state index in [9.17, 15) is 0 Å². The number of nitrogens with zero attached hydrogens (tertiary/aromatic N) is 4. The molecule has 0 atom stereocenters. The molecule has 9 heteroatoms. The van der Waals surface area contributed by atoms with Gasteiger partial charge in [-0.25, -0.2) is 0 Å². The smallest absolute Gasteiger partial charge is 0.277 e. The molecule has 0 saturated carbocycles. The zero-order chi connectivity index (χ0) is 16.9. The molecule has 0 aliphatic heterocycles. The average molecular weight is 348 g/mol. The van der Waals surface area contributed by atoms with Crippen LogP contribution in [0.5, 0.6) is 11.5 Å². The van der Waals surface area contributed by atoms with Gasteiger partial charge in [0.05, 0.1) is 25.5 Å². The molecule has 0 N–H and O–H groups in total. The molecule has 8 nitrogen and oxygen atoms in total. The van der Waals surface area contributed by atoms with E-state index in [4.69, 9.17) is 18.3 Å². The third-order valence-electron chi connectivity index (χ3n) is 3.18. The number of ether oxygens (including phenoxy) is 2. The van der Waals surface area contributed by atoms with E-state index in [0.29, 0.717) is 52.1 Å². The molecular formula is C15H16N4O4S. The highest BCUT2D eigenvalue weighted by Crippen LogP contribution is 2.34. The van der Waals surface area contributed by atoms with Crippen LogP contribution in [0, 0.1) is 0 Å². The summed E-state index contributed by atoms with van der Waals surface area (Å²) in [5.74, 6) is 3.26. The molecule has 0 aliphatic carbocycles. The molecule has 0 amide bonds. The summed E-state index contributed by atoms with van der Waals surface area (Å²) >= 11 is 1.33. The van der Waals surface area contributed by atoms with Crippen molar-refractivity contribution >= 4 is 11.8 Å². The van der Waals surface area contributed by atoms with Gasteiger partial charge in [0.15, 0.2) is 0 Å². The molecule has 2 aromatic heterocycles. The first-order chi connectivity index (χ1) is 11.7. The maximum Gasteiger partial charge on any atom is 0.277 e. The highest BCUT2D eigenvalue weighted by Gasteiger charge is 2.15. The maximum atomic E-state index is 5.67. The summed E-state index contributed by atoms with van der Waals surface area (Å²) in [6.45, 7) is 1.96. The second-order valence-electron chi connectivity index (χ2n) is 4.67. The SMILES string of the molecule is CCc1nnc(CSc2nnc(-c3ccc(OC)cc3OC)o2)o1. The monoisotopic (exact) mass is 348 g/mol. The van der Waals surface area contributed by atoms with Gasteiger partial charge in [0, 0.05) is 12.5 Å². The van der Waals surface area contributed by atoms with Crippen molar-refractivity contribution in [1.82, 2.24) is 20.4 Å². The van der Waals surface area contributed by atoms with Gasteiger partial charge in [0.25, 0.3) is 11.1 Å². The molecular weight excluding hydrogens is 332 g/mol. The number of rotatable bonds is 7. The van der Waals surface area contributed by atoms with E-state index in [-0.39, 0.29) is 0 Å². The van der Waals surface area contributed by atoms with E-state index in [1.807, 2.05) is 13.0 Å². The number of aryl methyl sites for hydroxylation is 1. The molecule has 0 bridgehead atoms. The van der Waals surface area contributed by atoms with E-state index >= 15 is 0 Å². The predicted octanol–water partition coefficient (Wildman–Crippen LogP) is 2.99. The quantitative estimate of drug-likeness (QED) is 0.597. The van der Waals surface area contributed by atoms with Crippen molar-refractivity contribution in [1.29, 1.82) is 0 Å². The standard InChI is InChI=1S/C15H16N4O4S/c1-4-12-16-17-13(22-12)8-24-15-19-18-14(23-15)10-6-5-9(20-2)7-11(10)21-3/h5-7H,4,8H2,1-3H3. The van der Waals surface area contributed by atoms with Crippen LogP contribution in [0.15, 0.2) is 32.3 Å². The number of methoxy groups -OCH3 is 2. The normalized spacial score (nSPS) is 10.8. The van der Waals surface area contributed by atoms with E-state index in [1.165, 1.54) is 11.8 Å². The lowest BCUT2D eigenvalue weighted by molar-refractivity contribution is 0.393. The van der Waals surface area contributed by atoms with Crippen LogP contribution in [0.4, 0.5) is 0 Å². The number of aromatic nitrogens is 4. The Morgan fingerprint density at radius 2 is 1.83 bits per heavy atom. The molecule has 1 aromatic carbocycles. The molecule has 3 aromatic rings. The lowest BCUT2D eigenvalue weighted by atomic mass is 10.2. The fourth-order valence-corrected chi connectivity index (χ4v) is 2.57. The highest BCUT2D eigenvalue weighted by molar-refractivity contribution is 7.98. The van der Waals surface area contributed by atoms with E-state index < -0.39 is 0 Å². The molecule has 126 valence electrons. The lowest BCUT2D eigenvalue weighted by Gasteiger charge is -2.07. The molecule has 0 saturated heterocycles. The Kier molecular flexibility index (Phi) is 4.99. The van der Waals surface area contributed by atoms with E-state index in [0.717, 1.165) is 0 Å². The van der Waals surface area contributed by atoms with Gasteiger partial charge < -0.3 is 18.3 Å². The van der Waals surface area contributed by atoms with Crippen LogP contribution < -0.4 is 9.47 Å². The molecule has 0 spiro atoms. The lowest BCUT2D eigenvalue weighted by Crippen LogP contribution is -1.90. The summed E-state index contributed by atoms with van der Waals surface area (Å²) in [5.41, 5.74) is 0.698. The van der Waals surface area contributed by atoms with Crippen LogP contribution in [-0.2, 0) is 12.2 Å². The van der Waals surface area contributed by atoms with Crippen molar-refractivity contribution < 1.29 is 18.3 Å². The topological polar surface area (TPSA) is 96.3 Å². The van der Waals surface area contributed by atoms with Crippen LogP contribution in [-0.4, -0.2) is 34.6 Å². The van der Waals surface area contributed by atoms with Crippen molar-refractivity contribution in [2.75, 3.05) is 14.2 Å². The van der Waals surface area contributed by atoms with Crippen LogP contribution in [0.3, 0.4) is 0 Å². The van der Waals surface area contributed by atoms with Gasteiger partial charge >= 0.3 is 0 Å². The first-order valence-corrected chi connectivity index (χ1v) is 8.22. The number of hydrogen-bond acceptors (Lipinski definition) is 9. The minimum absolute atomic E-state index is 0.372. The van der Waals surface area contributed by atoms with Crippen LogP contribution >= 0.6 is 11.8 Å². The summed E-state index contributed by atoms with van der Waals surface area (Å²) < 4.78 is 21.6. The van der Waals surface area contributed by atoms with Crippen LogP contribution in [0.1, 0.15) is 18.7 Å². The third-order valence-corrected chi connectivity index (χ3v) is 3.98. The fourth-order valence-electron chi connectivity index (χ4n) is 1.97. The summed E-state index contributed by atoms with van der Waals surface area (Å²) in [6.07, 6.45) is 0.708. The Labute approximate surface area is 142 Å². The fraction of sp³-hybridized carbons (Fsp3) is 0.333. The minimum Gasteiger partial charge on any atom is -0.497 e. The highest BCUT2D eigenvalue weighted by atomic mass is 32.2. The average Bonchev–Trinajstić information content (AvgIpc) is 3.28. The van der Waals surface area contributed by atoms with Crippen molar-refractivity contribution in [2.45, 2.75) is 24.3 Å². The van der Waals surface area contributed by atoms with Crippen LogP contribution in [0.2, 0.25) is 0 Å². The van der Waals surface area contributed by atoms with Gasteiger partial charge in [0.2, 0.25) is 11.8 Å². The molecule has 0 unspecified atom stereocenters. The van der Waals surface area contributed by atoms with Gasteiger partial charge in [-0.05, 0) is 12.1 Å². The number of thioether (sulfide) groups is 1. The molecule has 2 heterocycles. The van der Waals surface area contributed by atoms with Crippen molar-refractivity contribution in [3.8, 4) is 23.0 Å². The van der Waals surface area contributed by atoms with Gasteiger partial charge in [-0.1, -0.05) is 18.7 Å². The van der Waals surface area contributed by atoms with Crippen molar-refractivity contribution in [2.24, 2.45) is 0 Å². The largest absolute Gasteiger partial charge is 0.497 e. The van der Waals surface area contributed by atoms with E-state index in [2.05, 4.69) is 20.4 Å². The van der Waals surface area contributed by atoms with Gasteiger partial charge in [0.1, 0.15) is 11.5 Å². The third kappa shape index (κ3) is 3.51. The first-order valence-electron chi connectivity index (χ1n) is 7.23. The molecule has 0 aliphatic rings. The maximum absolute atomic E-state index is 5.67. The molecule has 24 heavy (non-hydrogen) atoms. The summed E-state index contributed by atoms with van der Waals surface area (Å²) in [6, 6.07) is 5.38. The Morgan fingerprint density at radius 3 is 2.54 bits per heavy atom. The molecule has 3 rings (SSSR count). The second-order valence-corrected chi connectivity index (χ2v) is 5.60. The van der Waals surface area contributed by atoms with Crippen LogP contribution in [0.25, 0.3) is 11.5 Å². The number of benzene rings is 1. The van der Waals surface area contributed by atoms with Gasteiger partial charge in [-0.15, -0.1) is 20.4 Å². The Bertz CT molecular complexity index is 817. The van der Waals surface area contributed by atoms with Gasteiger partial charge in [-0.3, -0.25) is 0 Å². The Hall–Kier alpha value is -2.55. The van der Waals surface area contributed by atoms with E-state index in [1.54, 1.807) is 26.4 Å². The summed E-state index contributed by atoms with van der Waals surface area (Å²) in [4.78, 5) is 0. The zero-order valence-electron chi connectivity index (χ0n) is 13.5. The Balaban J connectivity index is 1.73. The van der Waals surface area contributed by atoms with Gasteiger partial charge in [-0.2, -0.15) is 0 Å². The summed E-state index contributed by atoms with van der Waals surface area (Å²) in [5, 5.41) is 16.4. The van der Waals surface area contributed by atoms with Crippen molar-refractivity contribution in [3.63, 3.8) is 0 Å². The second kappa shape index (κ2) is 7.35. The number of hydrogen-bond donors (Lipinski definition) is 0. The summed E-state index contributed by atoms with van der Waals surface area (Å²) in [7, 11) is 3.17. The predicted molar refractivity (Wildman–Crippen MR) is 86.1 cm³/mol. The molecule has 0 fully saturated rings. The first kappa shape index (κ1) is 16.3. The Morgan fingerprint density at radius 1 is 1.00 bits per heavy atom. The zero-order valence-corrected chi connectivity index (χ0v) is 14.3. The molecule has 0 radical (unpaired) electrons. The minimum atomic E-state index is 0.372. The van der Waals surface area contributed by atoms with Crippen molar-refractivity contribution in [3.05, 3.63) is 30.0 Å².